The van der Waals surface area contributed by atoms with Gasteiger partial charge in [-0.1, -0.05) is 12.1 Å². The van der Waals surface area contributed by atoms with E-state index in [0.717, 1.165) is 11.3 Å². The van der Waals surface area contributed by atoms with Crippen molar-refractivity contribution < 1.29 is 13.9 Å². The minimum atomic E-state index is -0.326. The topological polar surface area (TPSA) is 30.5 Å². The molecule has 0 aromatic heterocycles. The number of hydrogen-bond acceptors (Lipinski definition) is 3. The third-order valence-corrected chi connectivity index (χ3v) is 2.82. The lowest BCUT2D eigenvalue weighted by atomic mass is 10.2. The second-order valence-corrected chi connectivity index (χ2v) is 4.05. The maximum absolute atomic E-state index is 13.7. The molecule has 2 aromatic rings. The maximum Gasteiger partial charge on any atom is 0.149 e. The van der Waals surface area contributed by atoms with Crippen molar-refractivity contribution in [2.24, 2.45) is 0 Å². The number of rotatable bonds is 5. The summed E-state index contributed by atoms with van der Waals surface area (Å²) in [5, 5.41) is 3.05. The van der Waals surface area contributed by atoms with E-state index in [1.165, 1.54) is 13.2 Å². The molecule has 0 radical (unpaired) electrons. The molecule has 0 saturated heterocycles. The van der Waals surface area contributed by atoms with Gasteiger partial charge < -0.3 is 14.8 Å². The third-order valence-electron chi connectivity index (χ3n) is 2.82. The zero-order valence-electron chi connectivity index (χ0n) is 10.9. The van der Waals surface area contributed by atoms with Gasteiger partial charge in [-0.05, 0) is 29.8 Å². The molecule has 3 nitrogen and oxygen atoms in total. The smallest absolute Gasteiger partial charge is 0.149 e. The van der Waals surface area contributed by atoms with E-state index in [1.807, 2.05) is 24.3 Å². The van der Waals surface area contributed by atoms with Crippen LogP contribution in [-0.2, 0) is 6.54 Å². The van der Waals surface area contributed by atoms with Crippen molar-refractivity contribution in [2.75, 3.05) is 19.5 Å². The molecule has 2 rings (SSSR count). The standard InChI is InChI=1S/C15H16FNO2/c1-18-12-5-3-11(4-6-12)10-17-15-8-7-13(19-2)9-14(15)16/h3-9,17H,10H2,1-2H3. The summed E-state index contributed by atoms with van der Waals surface area (Å²) in [6.45, 7) is 0.549. The maximum atomic E-state index is 13.7. The molecule has 0 spiro atoms. The molecule has 0 bridgehead atoms. The van der Waals surface area contributed by atoms with Crippen LogP contribution in [0.1, 0.15) is 5.56 Å². The fraction of sp³-hybridized carbons (Fsp3) is 0.200. The molecule has 0 aliphatic heterocycles. The van der Waals surface area contributed by atoms with Crippen LogP contribution in [0.25, 0.3) is 0 Å². The van der Waals surface area contributed by atoms with Crippen LogP contribution < -0.4 is 14.8 Å². The monoisotopic (exact) mass is 261 g/mol. The molecule has 100 valence electrons. The number of methoxy groups -OCH3 is 2. The number of nitrogens with one attached hydrogen (secondary N) is 1. The molecule has 0 heterocycles. The van der Waals surface area contributed by atoms with Crippen LogP contribution in [0.4, 0.5) is 10.1 Å². The quantitative estimate of drug-likeness (QED) is 0.894. The Morgan fingerprint density at radius 2 is 1.58 bits per heavy atom. The Hall–Kier alpha value is -2.23. The van der Waals surface area contributed by atoms with E-state index in [2.05, 4.69) is 5.32 Å². The van der Waals surface area contributed by atoms with Gasteiger partial charge >= 0.3 is 0 Å². The van der Waals surface area contributed by atoms with E-state index in [-0.39, 0.29) is 5.82 Å². The highest BCUT2D eigenvalue weighted by molar-refractivity contribution is 5.48. The van der Waals surface area contributed by atoms with Crippen molar-refractivity contribution in [3.8, 4) is 11.5 Å². The lowest BCUT2D eigenvalue weighted by Crippen LogP contribution is -2.01. The summed E-state index contributed by atoms with van der Waals surface area (Å²) in [6.07, 6.45) is 0. The first kappa shape index (κ1) is 13.2. The summed E-state index contributed by atoms with van der Waals surface area (Å²) in [6, 6.07) is 12.4. The predicted octanol–water partition coefficient (Wildman–Crippen LogP) is 3.46. The van der Waals surface area contributed by atoms with Crippen LogP contribution >= 0.6 is 0 Å². The van der Waals surface area contributed by atoms with Crippen molar-refractivity contribution in [2.45, 2.75) is 6.54 Å². The highest BCUT2D eigenvalue weighted by atomic mass is 19.1. The molecule has 0 fully saturated rings. The van der Waals surface area contributed by atoms with Crippen LogP contribution in [0.5, 0.6) is 11.5 Å². The summed E-state index contributed by atoms with van der Waals surface area (Å²) in [5.74, 6) is 0.986. The Bertz CT molecular complexity index is 540. The molecule has 0 aliphatic rings. The van der Waals surface area contributed by atoms with Gasteiger partial charge in [0.15, 0.2) is 0 Å². The lowest BCUT2D eigenvalue weighted by molar-refractivity contribution is 0.411. The molecule has 0 atom stereocenters. The fourth-order valence-corrected chi connectivity index (χ4v) is 1.71. The predicted molar refractivity (Wildman–Crippen MR) is 73.3 cm³/mol. The van der Waals surface area contributed by atoms with E-state index in [4.69, 9.17) is 9.47 Å². The molecular weight excluding hydrogens is 245 g/mol. The average Bonchev–Trinajstić information content (AvgIpc) is 2.46. The van der Waals surface area contributed by atoms with Gasteiger partial charge in [-0.15, -0.1) is 0 Å². The first-order valence-electron chi connectivity index (χ1n) is 5.93. The molecule has 0 saturated carbocycles. The Labute approximate surface area is 112 Å². The van der Waals surface area contributed by atoms with Crippen molar-refractivity contribution in [3.05, 3.63) is 53.8 Å². The minimum absolute atomic E-state index is 0.326. The van der Waals surface area contributed by atoms with Gasteiger partial charge in [-0.3, -0.25) is 0 Å². The van der Waals surface area contributed by atoms with Crippen molar-refractivity contribution in [3.63, 3.8) is 0 Å². The molecule has 19 heavy (non-hydrogen) atoms. The highest BCUT2D eigenvalue weighted by Gasteiger charge is 2.03. The second-order valence-electron chi connectivity index (χ2n) is 4.05. The Balaban J connectivity index is 2.01. The van der Waals surface area contributed by atoms with Gasteiger partial charge in [-0.2, -0.15) is 0 Å². The number of halogens is 1. The average molecular weight is 261 g/mol. The Morgan fingerprint density at radius 3 is 2.16 bits per heavy atom. The van der Waals surface area contributed by atoms with Crippen LogP contribution in [0.2, 0.25) is 0 Å². The van der Waals surface area contributed by atoms with E-state index in [1.54, 1.807) is 19.2 Å². The van der Waals surface area contributed by atoms with Crippen molar-refractivity contribution >= 4 is 5.69 Å². The minimum Gasteiger partial charge on any atom is -0.497 e. The summed E-state index contributed by atoms with van der Waals surface area (Å²) < 4.78 is 23.7. The molecular formula is C15H16FNO2. The second kappa shape index (κ2) is 6.09. The number of ether oxygens (including phenoxy) is 2. The molecule has 1 N–H and O–H groups in total. The molecule has 2 aromatic carbocycles. The van der Waals surface area contributed by atoms with Crippen LogP contribution in [0.3, 0.4) is 0 Å². The summed E-state index contributed by atoms with van der Waals surface area (Å²) in [5.41, 5.74) is 1.51. The molecule has 0 amide bonds. The van der Waals surface area contributed by atoms with Crippen molar-refractivity contribution in [1.82, 2.24) is 0 Å². The van der Waals surface area contributed by atoms with E-state index >= 15 is 0 Å². The van der Waals surface area contributed by atoms with E-state index in [9.17, 15) is 4.39 Å². The zero-order chi connectivity index (χ0) is 13.7. The van der Waals surface area contributed by atoms with Gasteiger partial charge in [0.2, 0.25) is 0 Å². The number of anilines is 1. The molecule has 0 aliphatic carbocycles. The van der Waals surface area contributed by atoms with Crippen molar-refractivity contribution in [1.29, 1.82) is 0 Å². The Morgan fingerprint density at radius 1 is 0.947 bits per heavy atom. The first-order chi connectivity index (χ1) is 9.22. The normalized spacial score (nSPS) is 10.1. The number of benzene rings is 2. The molecule has 0 unspecified atom stereocenters. The summed E-state index contributed by atoms with van der Waals surface area (Å²) >= 11 is 0. The van der Waals surface area contributed by atoms with Crippen LogP contribution in [-0.4, -0.2) is 14.2 Å². The van der Waals surface area contributed by atoms with Gasteiger partial charge in [0.05, 0.1) is 19.9 Å². The van der Waals surface area contributed by atoms with Crippen LogP contribution in [0, 0.1) is 5.82 Å². The third kappa shape index (κ3) is 3.37. The van der Waals surface area contributed by atoms with Gasteiger partial charge in [-0.25, -0.2) is 4.39 Å². The van der Waals surface area contributed by atoms with Gasteiger partial charge in [0.1, 0.15) is 17.3 Å². The largest absolute Gasteiger partial charge is 0.497 e. The van der Waals surface area contributed by atoms with Gasteiger partial charge in [0.25, 0.3) is 0 Å². The summed E-state index contributed by atoms with van der Waals surface area (Å²) in [4.78, 5) is 0. The Kier molecular flexibility index (Phi) is 4.23. The van der Waals surface area contributed by atoms with Crippen LogP contribution in [0.15, 0.2) is 42.5 Å². The highest BCUT2D eigenvalue weighted by Crippen LogP contribution is 2.21. The lowest BCUT2D eigenvalue weighted by Gasteiger charge is -2.09. The van der Waals surface area contributed by atoms with Gasteiger partial charge in [0, 0.05) is 12.6 Å². The zero-order valence-corrected chi connectivity index (χ0v) is 10.9. The fourth-order valence-electron chi connectivity index (χ4n) is 1.71. The first-order valence-corrected chi connectivity index (χ1v) is 5.93. The number of hydrogen-bond donors (Lipinski definition) is 1. The van der Waals surface area contributed by atoms with E-state index < -0.39 is 0 Å². The summed E-state index contributed by atoms with van der Waals surface area (Å²) in [7, 11) is 3.14. The van der Waals surface area contributed by atoms with E-state index in [0.29, 0.717) is 18.0 Å². The SMILES string of the molecule is COc1ccc(CNc2ccc(OC)cc2F)cc1. The molecule has 4 heteroatoms.